The largest absolute Gasteiger partial charge is 0.351 e. The number of rotatable bonds is 5. The van der Waals surface area contributed by atoms with Crippen molar-refractivity contribution in [2.75, 3.05) is 31.1 Å². The second-order valence-corrected chi connectivity index (χ2v) is 7.67. The number of hydrogen-bond donors (Lipinski definition) is 0. The normalized spacial score (nSPS) is 14.4. The van der Waals surface area contributed by atoms with E-state index >= 15 is 0 Å². The minimum atomic E-state index is -0.105. The maximum atomic E-state index is 12.7. The van der Waals surface area contributed by atoms with Crippen molar-refractivity contribution in [2.24, 2.45) is 5.92 Å². The molecule has 4 rings (SSSR count). The zero-order valence-electron chi connectivity index (χ0n) is 16.8. The summed E-state index contributed by atoms with van der Waals surface area (Å²) in [7, 11) is 0. The Bertz CT molecular complexity index is 962. The van der Waals surface area contributed by atoms with Crippen molar-refractivity contribution >= 4 is 11.9 Å². The first-order valence-corrected chi connectivity index (χ1v) is 9.98. The number of aromatic nitrogens is 3. The van der Waals surface area contributed by atoms with Gasteiger partial charge in [-0.05, 0) is 18.4 Å². The number of benzene rings is 1. The van der Waals surface area contributed by atoms with Crippen LogP contribution in [0.3, 0.4) is 0 Å². The Morgan fingerprint density at radius 2 is 1.86 bits per heavy atom. The molecule has 1 saturated heterocycles. The molecule has 0 unspecified atom stereocenters. The number of carbonyl (C=O) groups excluding carboxylic acids is 1. The lowest BCUT2D eigenvalue weighted by atomic mass is 10.1. The van der Waals surface area contributed by atoms with E-state index in [1.165, 1.54) is 0 Å². The van der Waals surface area contributed by atoms with Gasteiger partial charge in [-0.2, -0.15) is 0 Å². The van der Waals surface area contributed by atoms with E-state index in [-0.39, 0.29) is 5.91 Å². The molecule has 1 amide bonds. The third-order valence-electron chi connectivity index (χ3n) is 4.95. The van der Waals surface area contributed by atoms with E-state index in [0.717, 1.165) is 23.4 Å². The summed E-state index contributed by atoms with van der Waals surface area (Å²) in [4.78, 5) is 25.8. The molecule has 0 aliphatic carbocycles. The highest BCUT2D eigenvalue weighted by Gasteiger charge is 2.26. The molecule has 0 radical (unpaired) electrons. The first kappa shape index (κ1) is 19.1. The molecule has 29 heavy (non-hydrogen) atoms. The lowest BCUT2D eigenvalue weighted by molar-refractivity contribution is 0.0704. The van der Waals surface area contributed by atoms with Gasteiger partial charge < -0.3 is 14.3 Å². The van der Waals surface area contributed by atoms with E-state index in [1.54, 1.807) is 17.2 Å². The highest BCUT2D eigenvalue weighted by atomic mass is 16.5. The van der Waals surface area contributed by atoms with Crippen LogP contribution in [-0.4, -0.2) is 52.1 Å². The van der Waals surface area contributed by atoms with Gasteiger partial charge in [0, 0.05) is 44.0 Å². The quantitative estimate of drug-likeness (QED) is 0.664. The summed E-state index contributed by atoms with van der Waals surface area (Å²) >= 11 is 0. The van der Waals surface area contributed by atoms with Crippen LogP contribution in [0.5, 0.6) is 0 Å². The van der Waals surface area contributed by atoms with Crippen molar-refractivity contribution in [3.63, 3.8) is 0 Å². The molecule has 150 valence electrons. The molecule has 7 nitrogen and oxygen atoms in total. The van der Waals surface area contributed by atoms with Crippen molar-refractivity contribution < 1.29 is 9.32 Å². The minimum absolute atomic E-state index is 0.105. The fraction of sp³-hybridized carbons (Fsp3) is 0.364. The van der Waals surface area contributed by atoms with E-state index in [9.17, 15) is 4.79 Å². The van der Waals surface area contributed by atoms with Crippen LogP contribution < -0.4 is 4.90 Å². The number of carbonyl (C=O) groups is 1. The molecule has 3 aromatic rings. The number of hydrogen-bond acceptors (Lipinski definition) is 6. The average molecular weight is 391 g/mol. The number of amides is 1. The standard InChI is InChI=1S/C22H25N5O2/c1-16(2)14-18-15-20(29-25-18)21(28)26-10-12-27(13-11-26)22-23-9-8-19(24-22)17-6-4-3-5-7-17/h3-9,15-16H,10-14H2,1-2H3. The fourth-order valence-electron chi connectivity index (χ4n) is 3.46. The Labute approximate surface area is 170 Å². The zero-order chi connectivity index (χ0) is 20.2. The van der Waals surface area contributed by atoms with Crippen molar-refractivity contribution in [3.05, 3.63) is 60.1 Å². The summed E-state index contributed by atoms with van der Waals surface area (Å²) in [5.41, 5.74) is 2.79. The molecule has 3 heterocycles. The van der Waals surface area contributed by atoms with Crippen LogP contribution in [0, 0.1) is 5.92 Å². The summed E-state index contributed by atoms with van der Waals surface area (Å²) in [6, 6.07) is 13.7. The second-order valence-electron chi connectivity index (χ2n) is 7.67. The maximum absolute atomic E-state index is 12.7. The summed E-state index contributed by atoms with van der Waals surface area (Å²) in [5.74, 6) is 1.37. The SMILES string of the molecule is CC(C)Cc1cc(C(=O)N2CCN(c3nccc(-c4ccccc4)n3)CC2)on1. The third kappa shape index (κ3) is 4.45. The molecule has 1 aromatic carbocycles. The first-order chi connectivity index (χ1) is 14.1. The monoisotopic (exact) mass is 391 g/mol. The van der Waals surface area contributed by atoms with Gasteiger partial charge in [-0.1, -0.05) is 49.3 Å². The Balaban J connectivity index is 1.39. The van der Waals surface area contributed by atoms with Gasteiger partial charge in [0.15, 0.2) is 0 Å². The average Bonchev–Trinajstić information content (AvgIpc) is 3.22. The van der Waals surface area contributed by atoms with E-state index < -0.39 is 0 Å². The number of nitrogens with zero attached hydrogens (tertiary/aromatic N) is 5. The van der Waals surface area contributed by atoms with Gasteiger partial charge in [0.1, 0.15) is 0 Å². The molecule has 7 heteroatoms. The molecule has 0 bridgehead atoms. The van der Waals surface area contributed by atoms with Gasteiger partial charge in [0.05, 0.1) is 11.4 Å². The topological polar surface area (TPSA) is 75.4 Å². The molecule has 2 aromatic heterocycles. The molecule has 0 atom stereocenters. The number of anilines is 1. The Kier molecular flexibility index (Phi) is 5.55. The zero-order valence-corrected chi connectivity index (χ0v) is 16.8. The van der Waals surface area contributed by atoms with E-state index in [0.29, 0.717) is 43.8 Å². The summed E-state index contributed by atoms with van der Waals surface area (Å²) in [6.07, 6.45) is 2.59. The van der Waals surface area contributed by atoms with E-state index in [1.807, 2.05) is 36.4 Å². The first-order valence-electron chi connectivity index (χ1n) is 9.98. The Morgan fingerprint density at radius 1 is 1.10 bits per heavy atom. The van der Waals surface area contributed by atoms with Crippen LogP contribution in [0.4, 0.5) is 5.95 Å². The van der Waals surface area contributed by atoms with Gasteiger partial charge in [0.2, 0.25) is 11.7 Å². The van der Waals surface area contributed by atoms with Gasteiger partial charge in [-0.15, -0.1) is 0 Å². The second kappa shape index (κ2) is 8.43. The summed E-state index contributed by atoms with van der Waals surface area (Å²) < 4.78 is 5.28. The van der Waals surface area contributed by atoms with Crippen molar-refractivity contribution in [1.82, 2.24) is 20.0 Å². The van der Waals surface area contributed by atoms with Crippen molar-refractivity contribution in [2.45, 2.75) is 20.3 Å². The van der Waals surface area contributed by atoms with Gasteiger partial charge in [0.25, 0.3) is 5.91 Å². The van der Waals surface area contributed by atoms with E-state index in [4.69, 9.17) is 9.51 Å². The molecule has 0 N–H and O–H groups in total. The highest BCUT2D eigenvalue weighted by molar-refractivity contribution is 5.91. The smallest absolute Gasteiger partial charge is 0.292 e. The third-order valence-corrected chi connectivity index (χ3v) is 4.95. The van der Waals surface area contributed by atoms with Crippen LogP contribution in [0.1, 0.15) is 30.1 Å². The van der Waals surface area contributed by atoms with Crippen molar-refractivity contribution in [1.29, 1.82) is 0 Å². The molecule has 0 saturated carbocycles. The predicted molar refractivity (Wildman–Crippen MR) is 111 cm³/mol. The highest BCUT2D eigenvalue weighted by Crippen LogP contribution is 2.20. The Hall–Kier alpha value is -3.22. The fourth-order valence-corrected chi connectivity index (χ4v) is 3.46. The minimum Gasteiger partial charge on any atom is -0.351 e. The van der Waals surface area contributed by atoms with Crippen molar-refractivity contribution in [3.8, 4) is 11.3 Å². The molecule has 1 aliphatic rings. The lowest BCUT2D eigenvalue weighted by Crippen LogP contribution is -2.49. The van der Waals surface area contributed by atoms with Crippen LogP contribution in [0.2, 0.25) is 0 Å². The predicted octanol–water partition coefficient (Wildman–Crippen LogP) is 3.29. The van der Waals surface area contributed by atoms with Crippen LogP contribution in [0.25, 0.3) is 11.3 Å². The van der Waals surface area contributed by atoms with Crippen LogP contribution in [-0.2, 0) is 6.42 Å². The van der Waals surface area contributed by atoms with Crippen LogP contribution in [0.15, 0.2) is 53.2 Å². The van der Waals surface area contributed by atoms with Gasteiger partial charge in [-0.3, -0.25) is 4.79 Å². The number of piperazine rings is 1. The molecule has 0 spiro atoms. The lowest BCUT2D eigenvalue weighted by Gasteiger charge is -2.34. The molecular weight excluding hydrogens is 366 g/mol. The maximum Gasteiger partial charge on any atom is 0.292 e. The summed E-state index contributed by atoms with van der Waals surface area (Å²) in [5, 5.41) is 4.02. The Morgan fingerprint density at radius 3 is 2.59 bits per heavy atom. The van der Waals surface area contributed by atoms with Gasteiger partial charge >= 0.3 is 0 Å². The molecule has 1 aliphatic heterocycles. The molecular formula is C22H25N5O2. The summed E-state index contributed by atoms with van der Waals surface area (Å²) in [6.45, 7) is 6.78. The van der Waals surface area contributed by atoms with E-state index in [2.05, 4.69) is 28.9 Å². The molecule has 1 fully saturated rings. The van der Waals surface area contributed by atoms with Gasteiger partial charge in [-0.25, -0.2) is 9.97 Å². The van der Waals surface area contributed by atoms with Crippen LogP contribution >= 0.6 is 0 Å².